The Labute approximate surface area is 111 Å². The van der Waals surface area contributed by atoms with Gasteiger partial charge >= 0.3 is 0 Å². The molecule has 1 aliphatic rings. The fourth-order valence-corrected chi connectivity index (χ4v) is 3.37. The lowest BCUT2D eigenvalue weighted by Gasteiger charge is -2.16. The van der Waals surface area contributed by atoms with Crippen LogP contribution < -0.4 is 5.32 Å². The average Bonchev–Trinajstić information content (AvgIpc) is 2.79. The Kier molecular flexibility index (Phi) is 4.35. The number of halogens is 1. The molecule has 1 aromatic rings. The fraction of sp³-hybridized carbons (Fsp3) is 0.462. The zero-order valence-electron chi connectivity index (χ0n) is 9.78. The molecule has 92 valence electrons. The molecule has 2 rings (SSSR count). The molecule has 0 spiro atoms. The van der Waals surface area contributed by atoms with E-state index in [1.807, 2.05) is 19.1 Å². The van der Waals surface area contributed by atoms with Gasteiger partial charge in [0.15, 0.2) is 0 Å². The summed E-state index contributed by atoms with van der Waals surface area (Å²) in [5.74, 6) is 0.589. The van der Waals surface area contributed by atoms with Crippen molar-refractivity contribution in [3.8, 4) is 0 Å². The first kappa shape index (κ1) is 12.8. The van der Waals surface area contributed by atoms with E-state index in [0.29, 0.717) is 5.88 Å². The summed E-state index contributed by atoms with van der Waals surface area (Å²) in [5, 5.41) is 3.01. The standard InChI is InChI=1S/C13H16ClNOS/c1-2-10(8-14)15-13(16)12-7-9-5-3-4-6-11(9)17-12/h3-6,10,12H,2,7-8H2,1H3,(H,15,16). The van der Waals surface area contributed by atoms with Crippen molar-refractivity contribution in [2.75, 3.05) is 5.88 Å². The maximum atomic E-state index is 12.1. The lowest BCUT2D eigenvalue weighted by Crippen LogP contribution is -2.40. The number of nitrogens with one attached hydrogen (secondary N) is 1. The van der Waals surface area contributed by atoms with E-state index in [2.05, 4.69) is 17.4 Å². The second-order valence-electron chi connectivity index (χ2n) is 4.19. The number of fused-ring (bicyclic) bond motifs is 1. The summed E-state index contributed by atoms with van der Waals surface area (Å²) in [6, 6.07) is 8.29. The third kappa shape index (κ3) is 2.96. The van der Waals surface area contributed by atoms with Gasteiger partial charge in [-0.15, -0.1) is 23.4 Å². The number of hydrogen-bond donors (Lipinski definition) is 1. The molecule has 0 radical (unpaired) electrons. The average molecular weight is 270 g/mol. The summed E-state index contributed by atoms with van der Waals surface area (Å²) in [5.41, 5.74) is 1.27. The third-order valence-corrected chi connectivity index (χ3v) is 4.66. The van der Waals surface area contributed by atoms with Crippen molar-refractivity contribution in [2.45, 2.75) is 36.0 Å². The fourth-order valence-electron chi connectivity index (χ4n) is 1.87. The first-order chi connectivity index (χ1) is 8.24. The minimum absolute atomic E-state index is 0.00432. The smallest absolute Gasteiger partial charge is 0.234 e. The number of carbonyl (C=O) groups is 1. The van der Waals surface area contributed by atoms with Gasteiger partial charge in [0.1, 0.15) is 0 Å². The lowest BCUT2D eigenvalue weighted by atomic mass is 10.1. The van der Waals surface area contributed by atoms with Crippen LogP contribution in [0, 0.1) is 0 Å². The molecule has 1 aliphatic heterocycles. The van der Waals surface area contributed by atoms with E-state index in [1.54, 1.807) is 11.8 Å². The summed E-state index contributed by atoms with van der Waals surface area (Å²) >= 11 is 7.44. The Morgan fingerprint density at radius 3 is 3.00 bits per heavy atom. The summed E-state index contributed by atoms with van der Waals surface area (Å²) < 4.78 is 0. The van der Waals surface area contributed by atoms with Crippen molar-refractivity contribution in [3.05, 3.63) is 29.8 Å². The Hall–Kier alpha value is -0.670. The SMILES string of the molecule is CCC(CCl)NC(=O)C1Cc2ccccc2S1. The van der Waals surface area contributed by atoms with Crippen LogP contribution in [0.5, 0.6) is 0 Å². The minimum Gasteiger partial charge on any atom is -0.351 e. The van der Waals surface area contributed by atoms with Gasteiger partial charge in [-0.3, -0.25) is 4.79 Å². The molecular formula is C13H16ClNOS. The van der Waals surface area contributed by atoms with Crippen LogP contribution in [0.3, 0.4) is 0 Å². The van der Waals surface area contributed by atoms with Crippen LogP contribution in [-0.2, 0) is 11.2 Å². The van der Waals surface area contributed by atoms with Gasteiger partial charge in [0, 0.05) is 16.8 Å². The Bertz CT molecular complexity index is 381. The largest absolute Gasteiger partial charge is 0.351 e. The molecule has 2 atom stereocenters. The van der Waals surface area contributed by atoms with Crippen molar-refractivity contribution >= 4 is 29.3 Å². The molecule has 1 aromatic carbocycles. The molecule has 0 saturated heterocycles. The van der Waals surface area contributed by atoms with E-state index in [1.165, 1.54) is 10.5 Å². The molecule has 4 heteroatoms. The van der Waals surface area contributed by atoms with Crippen LogP contribution in [-0.4, -0.2) is 23.1 Å². The Balaban J connectivity index is 1.96. The third-order valence-electron chi connectivity index (χ3n) is 2.97. The summed E-state index contributed by atoms with van der Waals surface area (Å²) in [6.45, 7) is 2.03. The molecule has 2 nitrogen and oxygen atoms in total. The molecule has 1 amide bonds. The van der Waals surface area contributed by atoms with E-state index in [4.69, 9.17) is 11.6 Å². The van der Waals surface area contributed by atoms with Crippen LogP contribution in [0.2, 0.25) is 0 Å². The first-order valence-corrected chi connectivity index (χ1v) is 7.27. The van der Waals surface area contributed by atoms with Gasteiger partial charge in [-0.2, -0.15) is 0 Å². The van der Waals surface area contributed by atoms with Crippen LogP contribution >= 0.6 is 23.4 Å². The van der Waals surface area contributed by atoms with Crippen molar-refractivity contribution in [1.29, 1.82) is 0 Å². The highest BCUT2D eigenvalue weighted by atomic mass is 35.5. The summed E-state index contributed by atoms with van der Waals surface area (Å²) in [6.07, 6.45) is 1.70. The quantitative estimate of drug-likeness (QED) is 0.852. The number of rotatable bonds is 4. The predicted molar refractivity (Wildman–Crippen MR) is 72.7 cm³/mol. The molecule has 0 fully saturated rings. The van der Waals surface area contributed by atoms with E-state index in [0.717, 1.165) is 12.8 Å². The zero-order chi connectivity index (χ0) is 12.3. The van der Waals surface area contributed by atoms with Gasteiger partial charge < -0.3 is 5.32 Å². The molecule has 1 N–H and O–H groups in total. The Morgan fingerprint density at radius 2 is 2.35 bits per heavy atom. The second-order valence-corrected chi connectivity index (χ2v) is 5.74. The minimum atomic E-state index is 0.00432. The highest BCUT2D eigenvalue weighted by Gasteiger charge is 2.28. The van der Waals surface area contributed by atoms with E-state index in [-0.39, 0.29) is 17.2 Å². The van der Waals surface area contributed by atoms with Gasteiger partial charge in [0.05, 0.1) is 5.25 Å². The zero-order valence-corrected chi connectivity index (χ0v) is 11.4. The van der Waals surface area contributed by atoms with Crippen LogP contribution in [0.1, 0.15) is 18.9 Å². The molecule has 1 heterocycles. The van der Waals surface area contributed by atoms with E-state index in [9.17, 15) is 4.79 Å². The topological polar surface area (TPSA) is 29.1 Å². The molecule has 0 aromatic heterocycles. The van der Waals surface area contributed by atoms with Crippen LogP contribution in [0.25, 0.3) is 0 Å². The molecule has 2 unspecified atom stereocenters. The van der Waals surface area contributed by atoms with Gasteiger partial charge in [0.25, 0.3) is 0 Å². The molecule has 0 bridgehead atoms. The van der Waals surface area contributed by atoms with Crippen LogP contribution in [0.4, 0.5) is 0 Å². The molecule has 0 aliphatic carbocycles. The number of thioether (sulfide) groups is 1. The Morgan fingerprint density at radius 1 is 1.59 bits per heavy atom. The number of amides is 1. The maximum Gasteiger partial charge on any atom is 0.234 e. The van der Waals surface area contributed by atoms with Crippen molar-refractivity contribution < 1.29 is 4.79 Å². The van der Waals surface area contributed by atoms with Gasteiger partial charge in [0.2, 0.25) is 5.91 Å². The number of carbonyl (C=O) groups excluding carboxylic acids is 1. The number of alkyl halides is 1. The normalized spacial score (nSPS) is 19.8. The molecule has 0 saturated carbocycles. The van der Waals surface area contributed by atoms with Crippen molar-refractivity contribution in [1.82, 2.24) is 5.32 Å². The highest BCUT2D eigenvalue weighted by molar-refractivity contribution is 8.01. The lowest BCUT2D eigenvalue weighted by molar-refractivity contribution is -0.121. The molecule has 17 heavy (non-hydrogen) atoms. The van der Waals surface area contributed by atoms with Gasteiger partial charge in [-0.05, 0) is 24.5 Å². The predicted octanol–water partition coefficient (Wildman–Crippen LogP) is 2.84. The number of hydrogen-bond acceptors (Lipinski definition) is 2. The summed E-state index contributed by atoms with van der Waals surface area (Å²) in [4.78, 5) is 13.3. The number of benzene rings is 1. The van der Waals surface area contributed by atoms with E-state index >= 15 is 0 Å². The molecular weight excluding hydrogens is 254 g/mol. The maximum absolute atomic E-state index is 12.1. The monoisotopic (exact) mass is 269 g/mol. The van der Waals surface area contributed by atoms with Gasteiger partial charge in [-0.25, -0.2) is 0 Å². The van der Waals surface area contributed by atoms with Crippen molar-refractivity contribution in [3.63, 3.8) is 0 Å². The highest BCUT2D eigenvalue weighted by Crippen LogP contribution is 2.36. The van der Waals surface area contributed by atoms with Crippen LogP contribution in [0.15, 0.2) is 29.2 Å². The first-order valence-electron chi connectivity index (χ1n) is 5.85. The van der Waals surface area contributed by atoms with E-state index < -0.39 is 0 Å². The summed E-state index contributed by atoms with van der Waals surface area (Å²) in [7, 11) is 0. The van der Waals surface area contributed by atoms with Gasteiger partial charge in [-0.1, -0.05) is 25.1 Å². The second kappa shape index (κ2) is 5.78. The van der Waals surface area contributed by atoms with Crippen molar-refractivity contribution in [2.24, 2.45) is 0 Å².